The van der Waals surface area contributed by atoms with Gasteiger partial charge in [0.15, 0.2) is 0 Å². The molecule has 0 spiro atoms. The number of pyridine rings is 1. The van der Waals surface area contributed by atoms with Crippen molar-refractivity contribution in [1.82, 2.24) is 14.6 Å². The molecule has 38 heavy (non-hydrogen) atoms. The lowest BCUT2D eigenvalue weighted by atomic mass is 10.0. The van der Waals surface area contributed by atoms with E-state index in [2.05, 4.69) is 5.32 Å². The first kappa shape index (κ1) is 27.6. The van der Waals surface area contributed by atoms with E-state index < -0.39 is 17.0 Å². The summed E-state index contributed by atoms with van der Waals surface area (Å²) in [6.45, 7) is 2.76. The summed E-state index contributed by atoms with van der Waals surface area (Å²) in [6.07, 6.45) is 4.74. The fraction of sp³-hybridized carbons (Fsp3) is 0.444. The van der Waals surface area contributed by atoms with E-state index >= 15 is 0 Å². The third kappa shape index (κ3) is 6.90. The summed E-state index contributed by atoms with van der Waals surface area (Å²) >= 11 is 0. The number of thiol groups is 1. The minimum atomic E-state index is -2.71. The van der Waals surface area contributed by atoms with Crippen LogP contribution >= 0.6 is 0 Å². The molecule has 5 rings (SSSR count). The van der Waals surface area contributed by atoms with Gasteiger partial charge in [0.25, 0.3) is 5.91 Å². The SMILES string of the molecule is CNC(=O)c1c(-c2ccc(C)cc2)oc2nc(CN(CCCC3CC3)[SH](=O)=O)c(C3CC3)cc12.O=C(O)O. The highest BCUT2D eigenvalue weighted by molar-refractivity contribution is 7.69. The largest absolute Gasteiger partial charge is 0.503 e. The zero-order chi connectivity index (χ0) is 27.4. The fourth-order valence-corrected chi connectivity index (χ4v) is 5.12. The average Bonchev–Trinajstić information content (AvgIpc) is 3.80. The lowest BCUT2D eigenvalue weighted by Crippen LogP contribution is -2.24. The van der Waals surface area contributed by atoms with E-state index in [0.717, 1.165) is 54.0 Å². The van der Waals surface area contributed by atoms with Crippen LogP contribution < -0.4 is 5.32 Å². The van der Waals surface area contributed by atoms with Crippen molar-refractivity contribution < 1.29 is 32.6 Å². The molecule has 0 saturated heterocycles. The van der Waals surface area contributed by atoms with Gasteiger partial charge in [-0.3, -0.25) is 4.79 Å². The van der Waals surface area contributed by atoms with Crippen LogP contribution in [0.5, 0.6) is 0 Å². The molecule has 2 saturated carbocycles. The summed E-state index contributed by atoms with van der Waals surface area (Å²) in [7, 11) is -1.10. The highest BCUT2D eigenvalue weighted by atomic mass is 32.2. The number of furan rings is 1. The van der Waals surface area contributed by atoms with Gasteiger partial charge >= 0.3 is 6.16 Å². The number of hydrogen-bond acceptors (Lipinski definition) is 6. The van der Waals surface area contributed by atoms with Crippen LogP contribution in [-0.4, -0.2) is 53.6 Å². The first-order valence-corrected chi connectivity index (χ1v) is 13.9. The molecule has 1 aromatic carbocycles. The molecule has 2 aromatic heterocycles. The van der Waals surface area contributed by atoms with Gasteiger partial charge in [-0.25, -0.2) is 18.2 Å². The molecule has 0 unspecified atom stereocenters. The number of hydrogen-bond donors (Lipinski definition) is 4. The number of carbonyl (C=O) groups excluding carboxylic acids is 1. The van der Waals surface area contributed by atoms with Crippen molar-refractivity contribution in [3.8, 4) is 11.3 Å². The third-order valence-electron chi connectivity index (χ3n) is 6.87. The summed E-state index contributed by atoms with van der Waals surface area (Å²) < 4.78 is 31.7. The van der Waals surface area contributed by atoms with Gasteiger partial charge in [-0.15, -0.1) is 0 Å². The number of aromatic nitrogens is 1. The van der Waals surface area contributed by atoms with Crippen LogP contribution in [0.4, 0.5) is 4.79 Å². The van der Waals surface area contributed by atoms with Crippen LogP contribution in [-0.2, 0) is 17.4 Å². The molecule has 204 valence electrons. The van der Waals surface area contributed by atoms with Gasteiger partial charge < -0.3 is 19.9 Å². The summed E-state index contributed by atoms with van der Waals surface area (Å²) in [5, 5.41) is 17.3. The second-order valence-electron chi connectivity index (χ2n) is 9.90. The molecule has 0 bridgehead atoms. The van der Waals surface area contributed by atoms with Crippen molar-refractivity contribution in [2.75, 3.05) is 13.6 Å². The number of amides is 1. The Morgan fingerprint density at radius 2 is 1.79 bits per heavy atom. The Bertz CT molecular complexity index is 1380. The topological polar surface area (TPSA) is 150 Å². The second-order valence-corrected chi connectivity index (χ2v) is 10.9. The number of carbonyl (C=O) groups is 2. The maximum atomic E-state index is 12.9. The van der Waals surface area contributed by atoms with Gasteiger partial charge in [0.05, 0.1) is 23.2 Å². The molecule has 0 aliphatic heterocycles. The normalized spacial score (nSPS) is 14.9. The van der Waals surface area contributed by atoms with E-state index in [4.69, 9.17) is 24.4 Å². The molecule has 2 fully saturated rings. The molecule has 11 heteroatoms. The molecule has 2 aliphatic carbocycles. The maximum absolute atomic E-state index is 12.9. The van der Waals surface area contributed by atoms with Gasteiger partial charge in [0.2, 0.25) is 16.6 Å². The van der Waals surface area contributed by atoms with Crippen LogP contribution in [0, 0.1) is 12.8 Å². The first-order valence-electron chi connectivity index (χ1n) is 12.7. The molecular weight excluding hydrogens is 510 g/mol. The van der Waals surface area contributed by atoms with Crippen molar-refractivity contribution in [2.45, 2.75) is 57.9 Å². The first-order chi connectivity index (χ1) is 18.2. The fourth-order valence-electron chi connectivity index (χ4n) is 4.57. The Morgan fingerprint density at radius 3 is 2.34 bits per heavy atom. The van der Waals surface area contributed by atoms with E-state index in [9.17, 15) is 13.2 Å². The highest BCUT2D eigenvalue weighted by Gasteiger charge is 2.31. The molecule has 10 nitrogen and oxygen atoms in total. The van der Waals surface area contributed by atoms with Gasteiger partial charge in [-0.05, 0) is 56.1 Å². The molecule has 3 aromatic rings. The van der Waals surface area contributed by atoms with Gasteiger partial charge in [0.1, 0.15) is 5.76 Å². The zero-order valence-electron chi connectivity index (χ0n) is 21.5. The number of rotatable bonds is 10. The third-order valence-corrected chi connectivity index (χ3v) is 7.67. The predicted molar refractivity (Wildman–Crippen MR) is 143 cm³/mol. The summed E-state index contributed by atoms with van der Waals surface area (Å²) in [6, 6.07) is 9.84. The molecule has 3 N–H and O–H groups in total. The van der Waals surface area contributed by atoms with Crippen molar-refractivity contribution >= 4 is 34.1 Å². The van der Waals surface area contributed by atoms with E-state index in [1.165, 1.54) is 17.1 Å². The number of nitrogens with one attached hydrogen (secondary N) is 1. The summed E-state index contributed by atoms with van der Waals surface area (Å²) in [5.41, 5.74) is 4.52. The Balaban J connectivity index is 0.000000786. The lowest BCUT2D eigenvalue weighted by Gasteiger charge is -2.17. The Kier molecular flexibility index (Phi) is 8.68. The van der Waals surface area contributed by atoms with Crippen molar-refractivity contribution in [1.29, 1.82) is 0 Å². The van der Waals surface area contributed by atoms with Crippen LogP contribution in [0.25, 0.3) is 22.4 Å². The number of aryl methyl sites for hydroxylation is 1. The predicted octanol–water partition coefficient (Wildman–Crippen LogP) is 4.78. The molecule has 0 atom stereocenters. The lowest BCUT2D eigenvalue weighted by molar-refractivity contribution is 0.0964. The van der Waals surface area contributed by atoms with E-state index in [0.29, 0.717) is 34.9 Å². The van der Waals surface area contributed by atoms with E-state index in [-0.39, 0.29) is 12.5 Å². The molecule has 2 aliphatic rings. The van der Waals surface area contributed by atoms with E-state index in [1.54, 1.807) is 7.05 Å². The summed E-state index contributed by atoms with van der Waals surface area (Å²) in [5.74, 6) is 1.38. The van der Waals surface area contributed by atoms with Crippen molar-refractivity contribution in [2.24, 2.45) is 5.92 Å². The number of nitrogens with zero attached hydrogens (tertiary/aromatic N) is 2. The monoisotopic (exact) mass is 543 g/mol. The molecule has 1 amide bonds. The van der Waals surface area contributed by atoms with Crippen LogP contribution in [0.3, 0.4) is 0 Å². The van der Waals surface area contributed by atoms with Crippen LogP contribution in [0.15, 0.2) is 34.7 Å². The second kappa shape index (κ2) is 12.0. The minimum absolute atomic E-state index is 0.227. The van der Waals surface area contributed by atoms with E-state index in [1.807, 2.05) is 37.3 Å². The van der Waals surface area contributed by atoms with Crippen LogP contribution in [0.2, 0.25) is 0 Å². The highest BCUT2D eigenvalue weighted by Crippen LogP contribution is 2.44. The zero-order valence-corrected chi connectivity index (χ0v) is 22.4. The van der Waals surface area contributed by atoms with Crippen LogP contribution in [0.1, 0.15) is 71.6 Å². The number of fused-ring (bicyclic) bond motifs is 1. The molecule has 2 heterocycles. The molecular formula is C27H33N3O7S. The van der Waals surface area contributed by atoms with Gasteiger partial charge in [-0.1, -0.05) is 42.7 Å². The van der Waals surface area contributed by atoms with Gasteiger partial charge in [0, 0.05) is 19.2 Å². The Labute approximate surface area is 222 Å². The summed E-state index contributed by atoms with van der Waals surface area (Å²) in [4.78, 5) is 26.2. The maximum Gasteiger partial charge on any atom is 0.503 e. The average molecular weight is 544 g/mol. The van der Waals surface area contributed by atoms with Crippen molar-refractivity contribution in [3.05, 3.63) is 52.7 Å². The van der Waals surface area contributed by atoms with Crippen molar-refractivity contribution in [3.63, 3.8) is 0 Å². The molecule has 0 radical (unpaired) electrons. The number of carboxylic acid groups (broad SMARTS) is 2. The smallest absolute Gasteiger partial charge is 0.450 e. The number of benzene rings is 1. The standard InChI is InChI=1S/C26H31N3O4S.CH2O3/c1-16-5-9-19(10-6-16)24-23(25(30)27-2)21-14-20(18-11-12-18)22(28-26(21)33-24)15-29(34(31)32)13-3-4-17-7-8-17;2-1(3)4/h5-6,9-10,14,17-18,34H,3-4,7-8,11-13,15H2,1-2H3,(H,27,30);(H2,2,3,4). The van der Waals surface area contributed by atoms with Gasteiger partial charge in [-0.2, -0.15) is 4.31 Å². The quantitative estimate of drug-likeness (QED) is 0.267. The Morgan fingerprint density at radius 1 is 1.13 bits per heavy atom. The minimum Gasteiger partial charge on any atom is -0.450 e. The Hall–Kier alpha value is -3.44.